The normalized spacial score (nSPS) is 25.6. The molecule has 0 spiro atoms. The standard InChI is InChI=1S/C50H94N4O13/c1-5-7-9-11-13-15-17-18-19-20-22-23-25-27-31-51-42(58)33-37(48(63)52-32-28-26-24-21-16-14-12-10-8-6-2)54-41(57)30-29-40(56)53-34-38-36(3)43(59)45(61)50(65-38)67-47-39(35-55)66-49(64-4)46(62)44(47)60/h36-39,43-47,49-50,55,59-62H,5-35H2,1-4H3,(H,51,58)(H,52,63)(H,53,56)(H,54,57)/t36-,37-,38?,39?,43-,44+,45?,46?,47-,49+,50-/m0/s1. The molecule has 0 aromatic rings. The number of aliphatic hydroxyl groups excluding tert-OH is 5. The van der Waals surface area contributed by atoms with E-state index in [1.807, 2.05) is 0 Å². The minimum Gasteiger partial charge on any atom is -0.394 e. The van der Waals surface area contributed by atoms with E-state index in [0.29, 0.717) is 13.1 Å². The average molecular weight is 959 g/mol. The van der Waals surface area contributed by atoms with Gasteiger partial charge in [-0.3, -0.25) is 19.2 Å². The predicted octanol–water partition coefficient (Wildman–Crippen LogP) is 4.95. The fraction of sp³-hybridized carbons (Fsp3) is 0.920. The van der Waals surface area contributed by atoms with Crippen molar-refractivity contribution in [2.45, 2.75) is 255 Å². The molecular weight excluding hydrogens is 865 g/mol. The highest BCUT2D eigenvalue weighted by atomic mass is 16.7. The molecule has 0 bridgehead atoms. The predicted molar refractivity (Wildman–Crippen MR) is 256 cm³/mol. The van der Waals surface area contributed by atoms with E-state index in [-0.39, 0.29) is 31.7 Å². The summed E-state index contributed by atoms with van der Waals surface area (Å²) in [5.74, 6) is -2.58. The monoisotopic (exact) mass is 959 g/mol. The van der Waals surface area contributed by atoms with E-state index in [4.69, 9.17) is 18.9 Å². The minimum absolute atomic E-state index is 0.143. The molecule has 2 saturated heterocycles. The lowest BCUT2D eigenvalue weighted by molar-refractivity contribution is -0.351. The average Bonchev–Trinajstić information content (AvgIpc) is 3.32. The molecule has 0 aliphatic carbocycles. The molecule has 4 unspecified atom stereocenters. The fourth-order valence-corrected chi connectivity index (χ4v) is 8.74. The largest absolute Gasteiger partial charge is 0.394 e. The lowest BCUT2D eigenvalue weighted by Gasteiger charge is -2.46. The molecule has 17 nitrogen and oxygen atoms in total. The number of rotatable bonds is 39. The van der Waals surface area contributed by atoms with Crippen LogP contribution in [0.4, 0.5) is 0 Å². The van der Waals surface area contributed by atoms with Gasteiger partial charge in [0.1, 0.15) is 36.6 Å². The Morgan fingerprint density at radius 1 is 0.537 bits per heavy atom. The summed E-state index contributed by atoms with van der Waals surface area (Å²) in [5.41, 5.74) is 0. The van der Waals surface area contributed by atoms with Crippen LogP contribution in [0.1, 0.15) is 194 Å². The quantitative estimate of drug-likeness (QED) is 0.0371. The second kappa shape index (κ2) is 37.4. The summed E-state index contributed by atoms with van der Waals surface area (Å²) in [4.78, 5) is 52.5. The van der Waals surface area contributed by atoms with Crippen LogP contribution in [0, 0.1) is 5.92 Å². The molecule has 2 fully saturated rings. The van der Waals surface area contributed by atoms with Crippen molar-refractivity contribution >= 4 is 23.6 Å². The van der Waals surface area contributed by atoms with Crippen LogP contribution in [0.25, 0.3) is 0 Å². The van der Waals surface area contributed by atoms with Gasteiger partial charge >= 0.3 is 0 Å². The molecule has 0 aromatic heterocycles. The van der Waals surface area contributed by atoms with Crippen molar-refractivity contribution in [1.29, 1.82) is 0 Å². The summed E-state index contributed by atoms with van der Waals surface area (Å²) in [6, 6.07) is -1.11. The number of hydrogen-bond donors (Lipinski definition) is 9. The third-order valence-electron chi connectivity index (χ3n) is 13.2. The van der Waals surface area contributed by atoms with Crippen LogP contribution in [0.5, 0.6) is 0 Å². The third-order valence-corrected chi connectivity index (χ3v) is 13.2. The fourth-order valence-electron chi connectivity index (χ4n) is 8.74. The Kier molecular flexibility index (Phi) is 33.8. The van der Waals surface area contributed by atoms with Gasteiger partial charge in [0.2, 0.25) is 23.6 Å². The number of amides is 4. The Labute approximate surface area is 402 Å². The summed E-state index contributed by atoms with van der Waals surface area (Å²) in [6.45, 7) is 6.21. The lowest BCUT2D eigenvalue weighted by atomic mass is 9.90. The molecule has 4 amide bonds. The number of ether oxygens (including phenoxy) is 4. The van der Waals surface area contributed by atoms with E-state index in [1.165, 1.54) is 116 Å². The second-order valence-electron chi connectivity index (χ2n) is 19.0. The van der Waals surface area contributed by atoms with Crippen LogP contribution >= 0.6 is 0 Å². The maximum Gasteiger partial charge on any atom is 0.243 e. The summed E-state index contributed by atoms with van der Waals surface area (Å²) >= 11 is 0. The number of methoxy groups -OCH3 is 1. The van der Waals surface area contributed by atoms with Crippen LogP contribution in [-0.4, -0.2) is 144 Å². The Bertz CT molecular complexity index is 1310. The molecule has 0 aromatic carbocycles. The first-order chi connectivity index (χ1) is 32.4. The van der Waals surface area contributed by atoms with Gasteiger partial charge in [0.05, 0.1) is 25.2 Å². The van der Waals surface area contributed by atoms with Gasteiger partial charge in [-0.2, -0.15) is 0 Å². The van der Waals surface area contributed by atoms with Gasteiger partial charge in [-0.25, -0.2) is 0 Å². The van der Waals surface area contributed by atoms with Gasteiger partial charge in [0.15, 0.2) is 12.6 Å². The van der Waals surface area contributed by atoms with Crippen LogP contribution in [0.2, 0.25) is 0 Å². The van der Waals surface area contributed by atoms with Crippen molar-refractivity contribution < 1.29 is 63.7 Å². The van der Waals surface area contributed by atoms with E-state index in [2.05, 4.69) is 35.1 Å². The number of hydrogen-bond acceptors (Lipinski definition) is 13. The van der Waals surface area contributed by atoms with Crippen molar-refractivity contribution in [1.82, 2.24) is 21.3 Å². The van der Waals surface area contributed by atoms with Gasteiger partial charge in [-0.1, -0.05) is 162 Å². The highest BCUT2D eigenvalue weighted by molar-refractivity contribution is 5.92. The number of unbranched alkanes of at least 4 members (excludes halogenated alkanes) is 22. The maximum absolute atomic E-state index is 13.3. The highest BCUT2D eigenvalue weighted by Gasteiger charge is 2.50. The highest BCUT2D eigenvalue weighted by Crippen LogP contribution is 2.31. The Morgan fingerprint density at radius 3 is 1.48 bits per heavy atom. The van der Waals surface area contributed by atoms with Crippen LogP contribution in [-0.2, 0) is 38.1 Å². The van der Waals surface area contributed by atoms with Crippen LogP contribution in [0.3, 0.4) is 0 Å². The van der Waals surface area contributed by atoms with Gasteiger partial charge in [-0.15, -0.1) is 0 Å². The van der Waals surface area contributed by atoms with Gasteiger partial charge < -0.3 is 65.7 Å². The van der Waals surface area contributed by atoms with Crippen LogP contribution < -0.4 is 21.3 Å². The van der Waals surface area contributed by atoms with Gasteiger partial charge in [0, 0.05) is 45.5 Å². The molecule has 2 aliphatic heterocycles. The molecule has 11 atom stereocenters. The Balaban J connectivity index is 1.83. The first-order valence-corrected chi connectivity index (χ1v) is 26.3. The Hall–Kier alpha value is -2.48. The van der Waals surface area contributed by atoms with Crippen LogP contribution in [0.15, 0.2) is 0 Å². The van der Waals surface area contributed by atoms with Gasteiger partial charge in [-0.05, 0) is 12.8 Å². The molecule has 392 valence electrons. The third kappa shape index (κ3) is 25.3. The number of carbonyl (C=O) groups excluding carboxylic acids is 4. The second-order valence-corrected chi connectivity index (χ2v) is 19.0. The summed E-state index contributed by atoms with van der Waals surface area (Å²) < 4.78 is 22.1. The smallest absolute Gasteiger partial charge is 0.243 e. The first kappa shape index (κ1) is 60.6. The zero-order valence-corrected chi connectivity index (χ0v) is 41.8. The lowest BCUT2D eigenvalue weighted by Crippen LogP contribution is -2.63. The van der Waals surface area contributed by atoms with Crippen molar-refractivity contribution in [3.05, 3.63) is 0 Å². The summed E-state index contributed by atoms with van der Waals surface area (Å²) in [5, 5.41) is 63.6. The molecule has 0 radical (unpaired) electrons. The topological polar surface area (TPSA) is 254 Å². The van der Waals surface area contributed by atoms with E-state index in [9.17, 15) is 44.7 Å². The van der Waals surface area contributed by atoms with E-state index < -0.39 is 91.6 Å². The molecule has 2 rings (SSSR count). The van der Waals surface area contributed by atoms with Crippen molar-refractivity contribution in [2.75, 3.05) is 33.4 Å². The molecular formula is C50H94N4O13. The minimum atomic E-state index is -1.60. The van der Waals surface area contributed by atoms with E-state index in [1.54, 1.807) is 6.92 Å². The van der Waals surface area contributed by atoms with Crippen molar-refractivity contribution in [2.24, 2.45) is 5.92 Å². The molecule has 2 heterocycles. The maximum atomic E-state index is 13.3. The SMILES string of the molecule is CCCCCCCCCCCCCCCCNC(=O)C[C@H](NC(=O)CCC(=O)NCC1O[C@@H](O[C@H]2C(CO)O[C@@H](OC)C(O)[C@H]2O)C(O)[C@@H](O)[C@H]1C)C(=O)NCCCCCCCCCCCC. The molecule has 67 heavy (non-hydrogen) atoms. The van der Waals surface area contributed by atoms with Crippen molar-refractivity contribution in [3.8, 4) is 0 Å². The number of aliphatic hydroxyl groups is 5. The molecule has 2 aliphatic rings. The first-order valence-electron chi connectivity index (χ1n) is 26.3. The zero-order chi connectivity index (χ0) is 49.2. The molecule has 17 heteroatoms. The Morgan fingerprint density at radius 2 is 0.985 bits per heavy atom. The summed E-state index contributed by atoms with van der Waals surface area (Å²) in [6.07, 6.45) is 15.8. The van der Waals surface area contributed by atoms with Crippen molar-refractivity contribution in [3.63, 3.8) is 0 Å². The zero-order valence-electron chi connectivity index (χ0n) is 41.8. The number of carbonyl (C=O) groups is 4. The molecule has 0 saturated carbocycles. The summed E-state index contributed by atoms with van der Waals surface area (Å²) in [7, 11) is 1.26. The van der Waals surface area contributed by atoms with Gasteiger partial charge in [0.25, 0.3) is 0 Å². The number of nitrogens with one attached hydrogen (secondary N) is 4. The van der Waals surface area contributed by atoms with E-state index >= 15 is 0 Å². The molecule has 9 N–H and O–H groups in total. The van der Waals surface area contributed by atoms with E-state index in [0.717, 1.165) is 44.9 Å².